The zero-order chi connectivity index (χ0) is 19.2. The van der Waals surface area contributed by atoms with Crippen molar-refractivity contribution in [2.24, 2.45) is 0 Å². The lowest BCUT2D eigenvalue weighted by Crippen LogP contribution is -2.16. The molecular formula is C19H18N4O4. The molecule has 1 amide bonds. The fraction of sp³-hybridized carbons (Fsp3) is 0.158. The number of carbonyl (C=O) groups is 2. The summed E-state index contributed by atoms with van der Waals surface area (Å²) < 4.78 is 9.89. The minimum absolute atomic E-state index is 0.224. The summed E-state index contributed by atoms with van der Waals surface area (Å²) in [6, 6.07) is 11.6. The molecule has 8 nitrogen and oxygen atoms in total. The van der Waals surface area contributed by atoms with Crippen LogP contribution < -0.4 is 10.6 Å². The van der Waals surface area contributed by atoms with Crippen LogP contribution in [-0.2, 0) is 11.3 Å². The second kappa shape index (κ2) is 8.13. The van der Waals surface area contributed by atoms with Crippen LogP contribution in [0, 0.1) is 6.92 Å². The summed E-state index contributed by atoms with van der Waals surface area (Å²) in [6.45, 7) is 2.19. The molecule has 8 heteroatoms. The van der Waals surface area contributed by atoms with E-state index in [1.54, 1.807) is 49.6 Å². The molecule has 0 atom stereocenters. The predicted molar refractivity (Wildman–Crippen MR) is 98.5 cm³/mol. The molecule has 0 aliphatic heterocycles. The Labute approximate surface area is 155 Å². The SMILES string of the molecule is COC(=O)c1ccc(NC(=O)c2cc(C)nc(NCc3ccco3)n2)cc1. The van der Waals surface area contributed by atoms with Crippen molar-refractivity contribution in [1.29, 1.82) is 0 Å². The molecule has 0 fully saturated rings. The molecule has 2 aromatic heterocycles. The first kappa shape index (κ1) is 18.1. The number of aryl methyl sites for hydroxylation is 1. The number of esters is 1. The van der Waals surface area contributed by atoms with Gasteiger partial charge in [0.2, 0.25) is 5.95 Å². The van der Waals surface area contributed by atoms with E-state index >= 15 is 0 Å². The van der Waals surface area contributed by atoms with Gasteiger partial charge in [0.25, 0.3) is 5.91 Å². The Balaban J connectivity index is 1.69. The van der Waals surface area contributed by atoms with Crippen LogP contribution in [-0.4, -0.2) is 29.0 Å². The number of ether oxygens (including phenoxy) is 1. The summed E-state index contributed by atoms with van der Waals surface area (Å²) in [4.78, 5) is 32.4. The number of nitrogens with one attached hydrogen (secondary N) is 2. The fourth-order valence-corrected chi connectivity index (χ4v) is 2.35. The van der Waals surface area contributed by atoms with Gasteiger partial charge < -0.3 is 19.8 Å². The molecule has 1 aromatic carbocycles. The van der Waals surface area contributed by atoms with E-state index in [1.165, 1.54) is 7.11 Å². The first-order chi connectivity index (χ1) is 13.0. The third-order valence-electron chi connectivity index (χ3n) is 3.65. The van der Waals surface area contributed by atoms with E-state index in [0.717, 1.165) is 5.76 Å². The summed E-state index contributed by atoms with van der Waals surface area (Å²) in [5.41, 5.74) is 1.81. The number of benzene rings is 1. The van der Waals surface area contributed by atoms with E-state index in [0.29, 0.717) is 29.4 Å². The Morgan fingerprint density at radius 2 is 1.93 bits per heavy atom. The molecule has 27 heavy (non-hydrogen) atoms. The van der Waals surface area contributed by atoms with Crippen molar-refractivity contribution in [3.8, 4) is 0 Å². The second-order valence-electron chi connectivity index (χ2n) is 5.67. The van der Waals surface area contributed by atoms with Gasteiger partial charge in [-0.15, -0.1) is 0 Å². The Morgan fingerprint density at radius 3 is 2.59 bits per heavy atom. The highest BCUT2D eigenvalue weighted by atomic mass is 16.5. The number of rotatable bonds is 6. The van der Waals surface area contributed by atoms with Crippen molar-refractivity contribution >= 4 is 23.5 Å². The van der Waals surface area contributed by atoms with Gasteiger partial charge in [-0.05, 0) is 49.4 Å². The first-order valence-corrected chi connectivity index (χ1v) is 8.17. The van der Waals surface area contributed by atoms with Gasteiger partial charge >= 0.3 is 5.97 Å². The van der Waals surface area contributed by atoms with Crippen LogP contribution in [0.4, 0.5) is 11.6 Å². The van der Waals surface area contributed by atoms with Crippen LogP contribution in [0.15, 0.2) is 53.1 Å². The number of hydrogen-bond acceptors (Lipinski definition) is 7. The molecule has 3 rings (SSSR count). The lowest BCUT2D eigenvalue weighted by atomic mass is 10.2. The van der Waals surface area contributed by atoms with Crippen LogP contribution in [0.1, 0.15) is 32.3 Å². The third-order valence-corrected chi connectivity index (χ3v) is 3.65. The van der Waals surface area contributed by atoms with Crippen LogP contribution in [0.2, 0.25) is 0 Å². The van der Waals surface area contributed by atoms with E-state index < -0.39 is 5.97 Å². The highest BCUT2D eigenvalue weighted by Gasteiger charge is 2.12. The molecule has 2 N–H and O–H groups in total. The van der Waals surface area contributed by atoms with Gasteiger partial charge in [-0.25, -0.2) is 14.8 Å². The van der Waals surface area contributed by atoms with Gasteiger partial charge in [0.15, 0.2) is 0 Å². The molecule has 0 saturated carbocycles. The lowest BCUT2D eigenvalue weighted by molar-refractivity contribution is 0.0600. The quantitative estimate of drug-likeness (QED) is 0.646. The van der Waals surface area contributed by atoms with Crippen molar-refractivity contribution < 1.29 is 18.7 Å². The average molecular weight is 366 g/mol. The molecule has 0 bridgehead atoms. The number of aromatic nitrogens is 2. The highest BCUT2D eigenvalue weighted by Crippen LogP contribution is 2.13. The summed E-state index contributed by atoms with van der Waals surface area (Å²) in [6.07, 6.45) is 1.58. The summed E-state index contributed by atoms with van der Waals surface area (Å²) in [7, 11) is 1.31. The second-order valence-corrected chi connectivity index (χ2v) is 5.67. The third kappa shape index (κ3) is 4.69. The van der Waals surface area contributed by atoms with Gasteiger partial charge in [-0.3, -0.25) is 4.79 Å². The maximum atomic E-state index is 12.5. The predicted octanol–water partition coefficient (Wildman–Crippen LogP) is 3.03. The molecule has 0 saturated heterocycles. The van der Waals surface area contributed by atoms with E-state index in [9.17, 15) is 9.59 Å². The van der Waals surface area contributed by atoms with Gasteiger partial charge in [-0.1, -0.05) is 0 Å². The molecule has 2 heterocycles. The van der Waals surface area contributed by atoms with Crippen LogP contribution in [0.3, 0.4) is 0 Å². The summed E-state index contributed by atoms with van der Waals surface area (Å²) >= 11 is 0. The topological polar surface area (TPSA) is 106 Å². The Hall–Kier alpha value is -3.68. The molecule has 3 aromatic rings. The van der Waals surface area contributed by atoms with Crippen LogP contribution in [0.25, 0.3) is 0 Å². The summed E-state index contributed by atoms with van der Waals surface area (Å²) in [5, 5.41) is 5.76. The van der Waals surface area contributed by atoms with E-state index in [2.05, 4.69) is 25.3 Å². The number of amides is 1. The van der Waals surface area contributed by atoms with Gasteiger partial charge in [0.05, 0.1) is 25.5 Å². The van der Waals surface area contributed by atoms with E-state index in [1.807, 2.05) is 6.07 Å². The Morgan fingerprint density at radius 1 is 1.15 bits per heavy atom. The number of methoxy groups -OCH3 is 1. The van der Waals surface area contributed by atoms with Crippen molar-refractivity contribution in [2.45, 2.75) is 13.5 Å². The van der Waals surface area contributed by atoms with Crippen LogP contribution in [0.5, 0.6) is 0 Å². The maximum absolute atomic E-state index is 12.5. The van der Waals surface area contributed by atoms with Gasteiger partial charge in [0.1, 0.15) is 11.5 Å². The monoisotopic (exact) mass is 366 g/mol. The van der Waals surface area contributed by atoms with Crippen molar-refractivity contribution in [3.63, 3.8) is 0 Å². The Kier molecular flexibility index (Phi) is 5.46. The average Bonchev–Trinajstić information content (AvgIpc) is 3.19. The minimum atomic E-state index is -0.438. The van der Waals surface area contributed by atoms with E-state index in [4.69, 9.17) is 4.42 Å². The number of carbonyl (C=O) groups excluding carboxylic acids is 2. The van der Waals surface area contributed by atoms with Crippen molar-refractivity contribution in [1.82, 2.24) is 9.97 Å². The normalized spacial score (nSPS) is 10.3. The highest BCUT2D eigenvalue weighted by molar-refractivity contribution is 6.03. The smallest absolute Gasteiger partial charge is 0.337 e. The number of nitrogens with zero attached hydrogens (tertiary/aromatic N) is 2. The zero-order valence-electron chi connectivity index (χ0n) is 14.9. The van der Waals surface area contributed by atoms with Crippen molar-refractivity contribution in [2.75, 3.05) is 17.7 Å². The fourth-order valence-electron chi connectivity index (χ4n) is 2.35. The van der Waals surface area contributed by atoms with Crippen LogP contribution >= 0.6 is 0 Å². The van der Waals surface area contributed by atoms with Crippen molar-refractivity contribution in [3.05, 3.63) is 71.4 Å². The molecule has 0 unspecified atom stereocenters. The molecule has 0 aliphatic rings. The maximum Gasteiger partial charge on any atom is 0.337 e. The van der Waals surface area contributed by atoms with Gasteiger partial charge in [0, 0.05) is 11.4 Å². The largest absolute Gasteiger partial charge is 0.467 e. The van der Waals surface area contributed by atoms with E-state index in [-0.39, 0.29) is 11.6 Å². The molecule has 138 valence electrons. The standard InChI is InChI=1S/C19H18N4O4/c1-12-10-16(23-19(21-12)20-11-15-4-3-9-27-15)17(24)22-14-7-5-13(6-8-14)18(25)26-2/h3-10H,11H2,1-2H3,(H,22,24)(H,20,21,23). The molecule has 0 spiro atoms. The van der Waals surface area contributed by atoms with Gasteiger partial charge in [-0.2, -0.15) is 0 Å². The number of furan rings is 1. The first-order valence-electron chi connectivity index (χ1n) is 8.17. The number of hydrogen-bond donors (Lipinski definition) is 2. The molecular weight excluding hydrogens is 348 g/mol. The lowest BCUT2D eigenvalue weighted by Gasteiger charge is -2.09. The Bertz CT molecular complexity index is 937. The summed E-state index contributed by atoms with van der Waals surface area (Å²) in [5.74, 6) is 0.244. The number of anilines is 2. The zero-order valence-corrected chi connectivity index (χ0v) is 14.9. The molecule has 0 aliphatic carbocycles. The molecule has 0 radical (unpaired) electrons. The minimum Gasteiger partial charge on any atom is -0.467 e.